The summed E-state index contributed by atoms with van der Waals surface area (Å²) in [5, 5.41) is 0.853. The minimum absolute atomic E-state index is 0.163. The lowest BCUT2D eigenvalue weighted by Gasteiger charge is -2.12. The molecule has 2 aromatic carbocycles. The average molecular weight is 273 g/mol. The van der Waals surface area contributed by atoms with Gasteiger partial charge in [-0.25, -0.2) is 8.78 Å². The van der Waals surface area contributed by atoms with E-state index in [9.17, 15) is 8.78 Å². The fourth-order valence-corrected chi connectivity index (χ4v) is 2.26. The molecule has 3 rings (SSSR count). The van der Waals surface area contributed by atoms with Gasteiger partial charge in [0, 0.05) is 10.9 Å². The zero-order valence-electron chi connectivity index (χ0n) is 10.9. The van der Waals surface area contributed by atoms with Crippen molar-refractivity contribution in [1.82, 2.24) is 0 Å². The highest BCUT2D eigenvalue weighted by Gasteiger charge is 2.22. The fraction of sp³-hybridized carbons (Fsp3) is 0.125. The van der Waals surface area contributed by atoms with Crippen LogP contribution in [0.1, 0.15) is 22.9 Å². The second-order valence-corrected chi connectivity index (χ2v) is 4.76. The molecule has 0 aliphatic heterocycles. The van der Waals surface area contributed by atoms with Crippen molar-refractivity contribution in [2.45, 2.75) is 13.0 Å². The van der Waals surface area contributed by atoms with Crippen molar-refractivity contribution in [2.75, 3.05) is 0 Å². The monoisotopic (exact) mass is 273 g/mol. The minimum Gasteiger partial charge on any atom is -0.459 e. The van der Waals surface area contributed by atoms with Crippen LogP contribution in [0.5, 0.6) is 0 Å². The molecule has 1 atom stereocenters. The third-order valence-electron chi connectivity index (χ3n) is 3.38. The SMILES string of the molecule is Cc1ccc(F)c(C(N)c2cc3ccccc3o2)c1F. The molecule has 1 unspecified atom stereocenters. The second-order valence-electron chi connectivity index (χ2n) is 4.76. The molecule has 1 aromatic heterocycles. The standard InChI is InChI=1S/C16H13F2NO/c1-9-6-7-11(17)14(15(9)18)16(19)13-8-10-4-2-3-5-12(10)20-13/h2-8,16H,19H2,1H3. The number of hydrogen-bond donors (Lipinski definition) is 1. The van der Waals surface area contributed by atoms with Crippen molar-refractivity contribution in [3.05, 3.63) is 71.0 Å². The lowest BCUT2D eigenvalue weighted by Crippen LogP contribution is -2.15. The highest BCUT2D eigenvalue weighted by atomic mass is 19.1. The Bertz CT molecular complexity index is 746. The third kappa shape index (κ3) is 1.98. The number of benzene rings is 2. The number of furan rings is 1. The first-order valence-corrected chi connectivity index (χ1v) is 6.26. The molecule has 0 aliphatic carbocycles. The first-order chi connectivity index (χ1) is 9.58. The van der Waals surface area contributed by atoms with Gasteiger partial charge in [-0.3, -0.25) is 0 Å². The van der Waals surface area contributed by atoms with Gasteiger partial charge in [0.05, 0.1) is 6.04 Å². The number of halogens is 2. The second kappa shape index (κ2) is 4.72. The lowest BCUT2D eigenvalue weighted by molar-refractivity contribution is 0.485. The fourth-order valence-electron chi connectivity index (χ4n) is 2.26. The van der Waals surface area contributed by atoms with Crippen LogP contribution >= 0.6 is 0 Å². The Balaban J connectivity index is 2.13. The summed E-state index contributed by atoms with van der Waals surface area (Å²) in [5.41, 5.74) is 6.81. The number of hydrogen-bond acceptors (Lipinski definition) is 2. The van der Waals surface area contributed by atoms with E-state index >= 15 is 0 Å². The lowest BCUT2D eigenvalue weighted by atomic mass is 10.0. The minimum atomic E-state index is -0.970. The van der Waals surface area contributed by atoms with Crippen molar-refractivity contribution >= 4 is 11.0 Å². The smallest absolute Gasteiger partial charge is 0.134 e. The van der Waals surface area contributed by atoms with Crippen LogP contribution < -0.4 is 5.73 Å². The molecular formula is C16H13F2NO. The molecule has 0 bridgehead atoms. The molecular weight excluding hydrogens is 260 g/mol. The summed E-state index contributed by atoms with van der Waals surface area (Å²) in [7, 11) is 0. The Morgan fingerprint density at radius 2 is 1.85 bits per heavy atom. The zero-order chi connectivity index (χ0) is 14.3. The van der Waals surface area contributed by atoms with E-state index in [1.165, 1.54) is 12.1 Å². The molecule has 3 aromatic rings. The maximum absolute atomic E-state index is 14.1. The summed E-state index contributed by atoms with van der Waals surface area (Å²) >= 11 is 0. The third-order valence-corrected chi connectivity index (χ3v) is 3.38. The Morgan fingerprint density at radius 3 is 2.60 bits per heavy atom. The van der Waals surface area contributed by atoms with Crippen molar-refractivity contribution in [3.8, 4) is 0 Å². The van der Waals surface area contributed by atoms with Crippen LogP contribution in [0.25, 0.3) is 11.0 Å². The maximum atomic E-state index is 14.1. The molecule has 1 heterocycles. The normalized spacial score (nSPS) is 12.8. The molecule has 0 aliphatic rings. The number of fused-ring (bicyclic) bond motifs is 1. The van der Waals surface area contributed by atoms with Gasteiger partial charge in [0.15, 0.2) is 0 Å². The Labute approximate surface area is 114 Å². The number of nitrogens with two attached hydrogens (primary N) is 1. The Morgan fingerprint density at radius 1 is 1.10 bits per heavy atom. The summed E-state index contributed by atoms with van der Waals surface area (Å²) < 4.78 is 33.5. The van der Waals surface area contributed by atoms with Gasteiger partial charge < -0.3 is 10.2 Å². The molecule has 0 saturated carbocycles. The van der Waals surface area contributed by atoms with E-state index in [4.69, 9.17) is 10.2 Å². The van der Waals surface area contributed by atoms with Crippen molar-refractivity contribution in [1.29, 1.82) is 0 Å². The highest BCUT2D eigenvalue weighted by molar-refractivity contribution is 5.77. The molecule has 2 nitrogen and oxygen atoms in total. The summed E-state index contributed by atoms with van der Waals surface area (Å²) in [5.74, 6) is -0.950. The van der Waals surface area contributed by atoms with E-state index in [-0.39, 0.29) is 5.56 Å². The first kappa shape index (κ1) is 12.8. The summed E-state index contributed by atoms with van der Waals surface area (Å²) in [6.45, 7) is 1.57. The molecule has 102 valence electrons. The maximum Gasteiger partial charge on any atom is 0.134 e. The van der Waals surface area contributed by atoms with Gasteiger partial charge in [-0.05, 0) is 30.7 Å². The molecule has 0 saturated heterocycles. The van der Waals surface area contributed by atoms with E-state index in [1.54, 1.807) is 19.1 Å². The number of aryl methyl sites for hydroxylation is 1. The topological polar surface area (TPSA) is 39.2 Å². The zero-order valence-corrected chi connectivity index (χ0v) is 10.9. The van der Waals surface area contributed by atoms with E-state index in [2.05, 4.69) is 0 Å². The predicted octanol–water partition coefficient (Wildman–Crippen LogP) is 4.07. The summed E-state index contributed by atoms with van der Waals surface area (Å²) in [6, 6.07) is 10.7. The van der Waals surface area contributed by atoms with Gasteiger partial charge in [-0.1, -0.05) is 24.3 Å². The molecule has 2 N–H and O–H groups in total. The summed E-state index contributed by atoms with van der Waals surface area (Å²) in [6.07, 6.45) is 0. The summed E-state index contributed by atoms with van der Waals surface area (Å²) in [4.78, 5) is 0. The van der Waals surface area contributed by atoms with Gasteiger partial charge in [0.2, 0.25) is 0 Å². The van der Waals surface area contributed by atoms with Crippen LogP contribution in [0.2, 0.25) is 0 Å². The molecule has 20 heavy (non-hydrogen) atoms. The van der Waals surface area contributed by atoms with Crippen molar-refractivity contribution in [3.63, 3.8) is 0 Å². The van der Waals surface area contributed by atoms with E-state index < -0.39 is 17.7 Å². The van der Waals surface area contributed by atoms with Crippen LogP contribution in [0.3, 0.4) is 0 Å². The van der Waals surface area contributed by atoms with Crippen molar-refractivity contribution < 1.29 is 13.2 Å². The number of rotatable bonds is 2. The molecule has 0 fully saturated rings. The molecule has 0 amide bonds. The van der Waals surface area contributed by atoms with Crippen LogP contribution in [-0.2, 0) is 0 Å². The average Bonchev–Trinajstić information content (AvgIpc) is 2.87. The van der Waals surface area contributed by atoms with Gasteiger partial charge in [0.1, 0.15) is 23.0 Å². The van der Waals surface area contributed by atoms with E-state index in [0.29, 0.717) is 16.9 Å². The van der Waals surface area contributed by atoms with Crippen LogP contribution in [0, 0.1) is 18.6 Å². The largest absolute Gasteiger partial charge is 0.459 e. The molecule has 4 heteroatoms. The van der Waals surface area contributed by atoms with Gasteiger partial charge in [-0.15, -0.1) is 0 Å². The van der Waals surface area contributed by atoms with Crippen LogP contribution in [0.15, 0.2) is 46.9 Å². The van der Waals surface area contributed by atoms with Crippen molar-refractivity contribution in [2.24, 2.45) is 5.73 Å². The number of para-hydroxylation sites is 1. The van der Waals surface area contributed by atoms with Gasteiger partial charge >= 0.3 is 0 Å². The van der Waals surface area contributed by atoms with Crippen LogP contribution in [-0.4, -0.2) is 0 Å². The Kier molecular flexibility index (Phi) is 3.03. The first-order valence-electron chi connectivity index (χ1n) is 6.26. The van der Waals surface area contributed by atoms with Gasteiger partial charge in [-0.2, -0.15) is 0 Å². The Hall–Kier alpha value is -2.20. The van der Waals surface area contributed by atoms with Gasteiger partial charge in [0.25, 0.3) is 0 Å². The quantitative estimate of drug-likeness (QED) is 0.764. The highest BCUT2D eigenvalue weighted by Crippen LogP contribution is 2.30. The van der Waals surface area contributed by atoms with Crippen LogP contribution in [0.4, 0.5) is 8.78 Å². The predicted molar refractivity (Wildman–Crippen MR) is 73.3 cm³/mol. The van der Waals surface area contributed by atoms with E-state index in [0.717, 1.165) is 5.39 Å². The molecule has 0 spiro atoms. The molecule has 0 radical (unpaired) electrons. The van der Waals surface area contributed by atoms with E-state index in [1.807, 2.05) is 18.2 Å².